The lowest BCUT2D eigenvalue weighted by molar-refractivity contribution is -0.118. The SMILES string of the molecule is CC(C)(C)c1cnc(NC(=O)C(C)(C)S(=O)(=O)c2ccc(Cl)cc2)s1.Cn1nc(C2CCCCC2)cc1NC(=O)C(C)(C)S(=O)(=O)c1ccc(Cl)cc1. The fourth-order valence-corrected chi connectivity index (χ4v) is 9.34. The van der Waals surface area contributed by atoms with Gasteiger partial charge in [0.2, 0.25) is 11.8 Å². The van der Waals surface area contributed by atoms with Crippen molar-refractivity contribution in [2.75, 3.05) is 10.6 Å². The molecule has 4 aromatic rings. The highest BCUT2D eigenvalue weighted by Gasteiger charge is 2.44. The fourth-order valence-electron chi connectivity index (χ4n) is 5.46. The maximum Gasteiger partial charge on any atom is 0.247 e. The van der Waals surface area contributed by atoms with E-state index in [2.05, 4.69) is 20.7 Å². The number of aromatic nitrogens is 3. The number of benzene rings is 2. The number of carbonyl (C=O) groups is 2. The summed E-state index contributed by atoms with van der Waals surface area (Å²) in [5.41, 5.74) is 0.863. The average Bonchev–Trinajstić information content (AvgIpc) is 3.72. The van der Waals surface area contributed by atoms with Gasteiger partial charge in [0.05, 0.1) is 15.5 Å². The first-order chi connectivity index (χ1) is 24.5. The van der Waals surface area contributed by atoms with Gasteiger partial charge in [0.1, 0.15) is 15.3 Å². The molecular formula is C37H47Cl2N5O6S3. The van der Waals surface area contributed by atoms with Crippen LogP contribution in [0.2, 0.25) is 10.0 Å². The highest BCUT2D eigenvalue weighted by Crippen LogP contribution is 2.35. The Morgan fingerprint density at radius 1 is 0.755 bits per heavy atom. The van der Waals surface area contributed by atoms with Gasteiger partial charge in [-0.1, -0.05) is 63.2 Å². The Kier molecular flexibility index (Phi) is 13.0. The molecule has 0 unspecified atom stereocenters. The number of amides is 2. The van der Waals surface area contributed by atoms with Crippen LogP contribution < -0.4 is 10.6 Å². The molecule has 16 heteroatoms. The first-order valence-electron chi connectivity index (χ1n) is 17.1. The lowest BCUT2D eigenvalue weighted by Gasteiger charge is -2.23. The van der Waals surface area contributed by atoms with E-state index in [0.29, 0.717) is 26.9 Å². The van der Waals surface area contributed by atoms with E-state index in [1.54, 1.807) is 17.9 Å². The Morgan fingerprint density at radius 2 is 1.21 bits per heavy atom. The minimum atomic E-state index is -3.90. The van der Waals surface area contributed by atoms with Crippen molar-refractivity contribution in [3.05, 3.63) is 81.4 Å². The van der Waals surface area contributed by atoms with Gasteiger partial charge < -0.3 is 10.6 Å². The molecule has 1 saturated carbocycles. The molecule has 0 atom stereocenters. The lowest BCUT2D eigenvalue weighted by atomic mass is 9.87. The van der Waals surface area contributed by atoms with E-state index in [9.17, 15) is 26.4 Å². The summed E-state index contributed by atoms with van der Waals surface area (Å²) < 4.78 is 50.0. The molecule has 53 heavy (non-hydrogen) atoms. The summed E-state index contributed by atoms with van der Waals surface area (Å²) >= 11 is 13.0. The third kappa shape index (κ3) is 9.51. The molecule has 2 aromatic heterocycles. The molecule has 1 fully saturated rings. The first kappa shape index (κ1) is 42.4. The van der Waals surface area contributed by atoms with E-state index in [1.165, 1.54) is 107 Å². The second kappa shape index (κ2) is 16.2. The third-order valence-electron chi connectivity index (χ3n) is 9.31. The number of thiazole rings is 1. The van der Waals surface area contributed by atoms with E-state index < -0.39 is 41.0 Å². The Hall–Kier alpha value is -3.30. The van der Waals surface area contributed by atoms with Gasteiger partial charge in [-0.3, -0.25) is 14.3 Å². The van der Waals surface area contributed by atoms with Crippen molar-refractivity contribution < 1.29 is 26.4 Å². The van der Waals surface area contributed by atoms with Crippen LogP contribution in [-0.2, 0) is 41.7 Å². The summed E-state index contributed by atoms with van der Waals surface area (Å²) in [6.07, 6.45) is 7.52. The summed E-state index contributed by atoms with van der Waals surface area (Å²) in [6, 6.07) is 13.5. The van der Waals surface area contributed by atoms with Gasteiger partial charge in [-0.25, -0.2) is 21.8 Å². The number of sulfone groups is 2. The molecule has 0 spiro atoms. The molecular weight excluding hydrogens is 778 g/mol. The zero-order valence-corrected chi connectivity index (χ0v) is 35.1. The second-order valence-corrected chi connectivity index (χ2v) is 21.9. The summed E-state index contributed by atoms with van der Waals surface area (Å²) in [4.78, 5) is 30.8. The molecule has 2 aromatic carbocycles. The summed E-state index contributed by atoms with van der Waals surface area (Å²) in [7, 11) is -6.04. The predicted octanol–water partition coefficient (Wildman–Crippen LogP) is 8.60. The largest absolute Gasteiger partial charge is 0.310 e. The van der Waals surface area contributed by atoms with E-state index in [0.717, 1.165) is 23.4 Å². The molecule has 2 N–H and O–H groups in total. The maximum atomic E-state index is 13.0. The van der Waals surface area contributed by atoms with Crippen molar-refractivity contribution in [3.63, 3.8) is 0 Å². The normalized spacial score (nSPS) is 14.6. The molecule has 1 aliphatic rings. The van der Waals surface area contributed by atoms with Crippen LogP contribution in [0.25, 0.3) is 0 Å². The minimum Gasteiger partial charge on any atom is -0.310 e. The summed E-state index contributed by atoms with van der Waals surface area (Å²) in [6.45, 7) is 11.7. The van der Waals surface area contributed by atoms with Crippen LogP contribution in [0.3, 0.4) is 0 Å². The minimum absolute atomic E-state index is 0.0477. The Morgan fingerprint density at radius 3 is 1.64 bits per heavy atom. The number of halogens is 2. The zero-order chi connectivity index (χ0) is 39.6. The summed E-state index contributed by atoms with van der Waals surface area (Å²) in [5, 5.41) is 11.2. The molecule has 2 amide bonds. The number of carbonyl (C=O) groups excluding carboxylic acids is 2. The monoisotopic (exact) mass is 823 g/mol. The third-order valence-corrected chi connectivity index (χ3v) is 16.0. The van der Waals surface area contributed by atoms with Crippen LogP contribution >= 0.6 is 34.5 Å². The van der Waals surface area contributed by atoms with Crippen LogP contribution in [0, 0.1) is 0 Å². The first-order valence-corrected chi connectivity index (χ1v) is 21.7. The number of aryl methyl sites for hydroxylation is 1. The van der Waals surface area contributed by atoms with Crippen molar-refractivity contribution in [2.45, 2.75) is 111 Å². The van der Waals surface area contributed by atoms with Crippen LogP contribution in [0.15, 0.2) is 70.6 Å². The topological polar surface area (TPSA) is 157 Å². The molecule has 288 valence electrons. The number of nitrogens with zero attached hydrogens (tertiary/aromatic N) is 3. The van der Waals surface area contributed by atoms with Crippen molar-refractivity contribution >= 4 is 77.0 Å². The van der Waals surface area contributed by atoms with Crippen molar-refractivity contribution in [1.29, 1.82) is 0 Å². The number of nitrogens with one attached hydrogen (secondary N) is 2. The van der Waals surface area contributed by atoms with E-state index in [1.807, 2.05) is 26.8 Å². The van der Waals surface area contributed by atoms with Crippen molar-refractivity contribution in [3.8, 4) is 0 Å². The van der Waals surface area contributed by atoms with E-state index in [-0.39, 0.29) is 15.2 Å². The van der Waals surface area contributed by atoms with Gasteiger partial charge in [-0.2, -0.15) is 5.10 Å². The average molecular weight is 825 g/mol. The van der Waals surface area contributed by atoms with Gasteiger partial charge in [-0.15, -0.1) is 11.3 Å². The molecule has 11 nitrogen and oxygen atoms in total. The van der Waals surface area contributed by atoms with Crippen molar-refractivity contribution in [2.24, 2.45) is 7.05 Å². The van der Waals surface area contributed by atoms with Gasteiger partial charge in [0, 0.05) is 40.2 Å². The predicted molar refractivity (Wildman–Crippen MR) is 213 cm³/mol. The fraction of sp³-hybridized carbons (Fsp3) is 0.459. The molecule has 0 bridgehead atoms. The van der Waals surface area contributed by atoms with Crippen LogP contribution in [0.5, 0.6) is 0 Å². The standard InChI is InChI=1S/C20H26ClN3O3S.C17H21ClN2O3S2/c1-20(2,28(26,27)16-11-9-15(21)10-12-16)19(25)22-18-13-17(23-24(18)3)14-7-5-4-6-8-14;1-16(2,3)13-10-19-15(24-13)20-14(21)17(4,5)25(22,23)12-8-6-11(18)7-9-12/h9-14H,4-8H2,1-3H3,(H,22,25);6-10H,1-5H3,(H,19,20,21). The number of hydrogen-bond acceptors (Lipinski definition) is 9. The summed E-state index contributed by atoms with van der Waals surface area (Å²) in [5.74, 6) is -0.320. The van der Waals surface area contributed by atoms with Gasteiger partial charge >= 0.3 is 0 Å². The molecule has 2 heterocycles. The maximum absolute atomic E-state index is 13.0. The molecule has 0 saturated heterocycles. The zero-order valence-electron chi connectivity index (χ0n) is 31.2. The Bertz CT molecular complexity index is 2150. The number of anilines is 2. The number of hydrogen-bond donors (Lipinski definition) is 2. The van der Waals surface area contributed by atoms with Gasteiger partial charge in [0.25, 0.3) is 0 Å². The number of rotatable bonds is 9. The molecule has 0 radical (unpaired) electrons. The Labute approximate surface area is 326 Å². The highest BCUT2D eigenvalue weighted by atomic mass is 35.5. The van der Waals surface area contributed by atoms with E-state index >= 15 is 0 Å². The van der Waals surface area contributed by atoms with Crippen molar-refractivity contribution in [1.82, 2.24) is 14.8 Å². The second-order valence-electron chi connectivity index (χ2n) is 15.0. The van der Waals surface area contributed by atoms with Crippen LogP contribution in [0.4, 0.5) is 10.9 Å². The smallest absolute Gasteiger partial charge is 0.247 e. The quantitative estimate of drug-likeness (QED) is 0.170. The Balaban J connectivity index is 0.000000238. The molecule has 0 aliphatic heterocycles. The van der Waals surface area contributed by atoms with Gasteiger partial charge in [0.15, 0.2) is 24.8 Å². The van der Waals surface area contributed by atoms with E-state index in [4.69, 9.17) is 23.2 Å². The molecule has 5 rings (SSSR count). The van der Waals surface area contributed by atoms with Gasteiger partial charge in [-0.05, 0) is 94.5 Å². The molecule has 1 aliphatic carbocycles. The van der Waals surface area contributed by atoms with Crippen LogP contribution in [0.1, 0.15) is 97.1 Å². The van der Waals surface area contributed by atoms with Crippen LogP contribution in [-0.4, -0.2) is 52.9 Å². The highest BCUT2D eigenvalue weighted by molar-refractivity contribution is 7.94. The lowest BCUT2D eigenvalue weighted by Crippen LogP contribution is -2.44.